The molecular formula is C18H21ClN2O3S. The number of hydrogen-bond donors (Lipinski definition) is 0. The minimum atomic E-state index is -0.362. The lowest BCUT2D eigenvalue weighted by atomic mass is 10.1. The van der Waals surface area contributed by atoms with Crippen LogP contribution >= 0.6 is 22.9 Å². The SMILES string of the molecule is COc1ccc(Cl)cc1C(=O)N=c1sc(C)cn1CC1CCCCO1. The maximum absolute atomic E-state index is 12.7. The molecule has 1 aliphatic heterocycles. The van der Waals surface area contributed by atoms with Crippen LogP contribution in [0.4, 0.5) is 0 Å². The van der Waals surface area contributed by atoms with Crippen LogP contribution in [0.5, 0.6) is 5.75 Å². The van der Waals surface area contributed by atoms with Crippen molar-refractivity contribution < 1.29 is 14.3 Å². The van der Waals surface area contributed by atoms with Crippen molar-refractivity contribution in [3.8, 4) is 5.75 Å². The molecule has 0 bridgehead atoms. The van der Waals surface area contributed by atoms with Gasteiger partial charge in [0.2, 0.25) is 0 Å². The van der Waals surface area contributed by atoms with E-state index >= 15 is 0 Å². The molecule has 0 saturated carbocycles. The van der Waals surface area contributed by atoms with Gasteiger partial charge in [0, 0.05) is 22.7 Å². The minimum absolute atomic E-state index is 0.178. The third-order valence-corrected chi connectivity index (χ3v) is 5.27. The lowest BCUT2D eigenvalue weighted by molar-refractivity contribution is 0.00554. The average molecular weight is 381 g/mol. The van der Waals surface area contributed by atoms with Gasteiger partial charge in [-0.1, -0.05) is 11.6 Å². The summed E-state index contributed by atoms with van der Waals surface area (Å²) in [7, 11) is 1.52. The molecule has 0 radical (unpaired) electrons. The highest BCUT2D eigenvalue weighted by Gasteiger charge is 2.17. The number of methoxy groups -OCH3 is 1. The van der Waals surface area contributed by atoms with Gasteiger partial charge in [-0.15, -0.1) is 11.3 Å². The van der Waals surface area contributed by atoms with E-state index in [-0.39, 0.29) is 12.0 Å². The monoisotopic (exact) mass is 380 g/mol. The number of rotatable bonds is 4. The zero-order valence-corrected chi connectivity index (χ0v) is 15.9. The summed E-state index contributed by atoms with van der Waals surface area (Å²) < 4.78 is 13.1. The van der Waals surface area contributed by atoms with Crippen molar-refractivity contribution in [2.24, 2.45) is 4.99 Å². The fourth-order valence-electron chi connectivity index (χ4n) is 2.89. The fourth-order valence-corrected chi connectivity index (χ4v) is 3.90. The number of halogens is 1. The number of amides is 1. The number of carbonyl (C=O) groups excluding carboxylic acids is 1. The summed E-state index contributed by atoms with van der Waals surface area (Å²) in [5, 5.41) is 0.477. The highest BCUT2D eigenvalue weighted by molar-refractivity contribution is 7.09. The van der Waals surface area contributed by atoms with Gasteiger partial charge in [-0.2, -0.15) is 4.99 Å². The van der Waals surface area contributed by atoms with Crippen molar-refractivity contribution in [3.05, 3.63) is 44.7 Å². The molecule has 0 aliphatic carbocycles. The van der Waals surface area contributed by atoms with E-state index in [1.807, 2.05) is 17.7 Å². The molecule has 7 heteroatoms. The molecule has 1 aromatic heterocycles. The van der Waals surface area contributed by atoms with Crippen LogP contribution in [-0.2, 0) is 11.3 Å². The second kappa shape index (κ2) is 8.17. The Morgan fingerprint density at radius 1 is 1.48 bits per heavy atom. The van der Waals surface area contributed by atoms with E-state index < -0.39 is 0 Å². The molecule has 1 amide bonds. The Labute approximate surface area is 155 Å². The topological polar surface area (TPSA) is 52.8 Å². The van der Waals surface area contributed by atoms with Crippen molar-refractivity contribution in [2.45, 2.75) is 38.8 Å². The van der Waals surface area contributed by atoms with Crippen molar-refractivity contribution in [3.63, 3.8) is 0 Å². The van der Waals surface area contributed by atoms with Crippen molar-refractivity contribution in [1.29, 1.82) is 0 Å². The molecule has 1 fully saturated rings. The van der Waals surface area contributed by atoms with Gasteiger partial charge in [-0.3, -0.25) is 4.79 Å². The van der Waals surface area contributed by atoms with Gasteiger partial charge in [-0.25, -0.2) is 0 Å². The van der Waals surface area contributed by atoms with E-state index in [1.165, 1.54) is 24.9 Å². The zero-order chi connectivity index (χ0) is 17.8. The Morgan fingerprint density at radius 2 is 2.32 bits per heavy atom. The van der Waals surface area contributed by atoms with E-state index in [0.717, 1.165) is 24.3 Å². The quantitative estimate of drug-likeness (QED) is 0.809. The van der Waals surface area contributed by atoms with Gasteiger partial charge >= 0.3 is 0 Å². The number of thiazole rings is 1. The maximum Gasteiger partial charge on any atom is 0.283 e. The van der Waals surface area contributed by atoms with Gasteiger partial charge in [0.15, 0.2) is 4.80 Å². The van der Waals surface area contributed by atoms with E-state index in [2.05, 4.69) is 4.99 Å². The van der Waals surface area contributed by atoms with Crippen LogP contribution < -0.4 is 9.54 Å². The summed E-state index contributed by atoms with van der Waals surface area (Å²) in [6, 6.07) is 4.95. The van der Waals surface area contributed by atoms with Crippen LogP contribution in [0.15, 0.2) is 29.4 Å². The summed E-state index contributed by atoms with van der Waals surface area (Å²) in [6.07, 6.45) is 5.53. The van der Waals surface area contributed by atoms with Crippen LogP contribution in [0, 0.1) is 6.92 Å². The molecule has 3 rings (SSSR count). The first-order chi connectivity index (χ1) is 12.1. The number of hydrogen-bond acceptors (Lipinski definition) is 4. The Bertz CT molecular complexity index is 822. The Balaban J connectivity index is 1.90. The summed E-state index contributed by atoms with van der Waals surface area (Å²) in [6.45, 7) is 3.52. The Hall–Kier alpha value is -1.63. The van der Waals surface area contributed by atoms with Gasteiger partial charge in [0.1, 0.15) is 5.75 Å². The highest BCUT2D eigenvalue weighted by Crippen LogP contribution is 2.23. The van der Waals surface area contributed by atoms with Gasteiger partial charge in [0.25, 0.3) is 5.91 Å². The van der Waals surface area contributed by atoms with Gasteiger partial charge in [0.05, 0.1) is 25.3 Å². The third kappa shape index (κ3) is 4.51. The van der Waals surface area contributed by atoms with E-state index in [4.69, 9.17) is 21.1 Å². The number of ether oxygens (including phenoxy) is 2. The normalized spacial score (nSPS) is 18.4. The molecule has 0 spiro atoms. The van der Waals surface area contributed by atoms with Crippen LogP contribution in [0.25, 0.3) is 0 Å². The standard InChI is InChI=1S/C18H21ClN2O3S/c1-12-10-21(11-14-5-3-4-8-24-14)18(25-12)20-17(22)15-9-13(19)6-7-16(15)23-2/h6-7,9-10,14H,3-5,8,11H2,1-2H3. The maximum atomic E-state index is 12.7. The summed E-state index contributed by atoms with van der Waals surface area (Å²) in [5.74, 6) is 0.105. The fraction of sp³-hybridized carbons (Fsp3) is 0.444. The van der Waals surface area contributed by atoms with E-state index in [9.17, 15) is 4.79 Å². The predicted octanol–water partition coefficient (Wildman–Crippen LogP) is 3.83. The molecule has 1 saturated heterocycles. The molecule has 2 heterocycles. The number of aromatic nitrogens is 1. The number of nitrogens with zero attached hydrogens (tertiary/aromatic N) is 2. The second-order valence-electron chi connectivity index (χ2n) is 6.03. The van der Waals surface area contributed by atoms with Crippen LogP contribution in [0.3, 0.4) is 0 Å². The Kier molecular flexibility index (Phi) is 5.93. The molecule has 5 nitrogen and oxygen atoms in total. The largest absolute Gasteiger partial charge is 0.496 e. The van der Waals surface area contributed by atoms with E-state index in [1.54, 1.807) is 18.2 Å². The molecular weight excluding hydrogens is 360 g/mol. The van der Waals surface area contributed by atoms with Gasteiger partial charge in [-0.05, 0) is 44.4 Å². The van der Waals surface area contributed by atoms with Crippen molar-refractivity contribution in [2.75, 3.05) is 13.7 Å². The second-order valence-corrected chi connectivity index (χ2v) is 7.68. The van der Waals surface area contributed by atoms with Gasteiger partial charge < -0.3 is 14.0 Å². The molecule has 1 aliphatic rings. The molecule has 1 unspecified atom stereocenters. The third-order valence-electron chi connectivity index (χ3n) is 4.10. The number of benzene rings is 1. The number of carbonyl (C=O) groups is 1. The first kappa shape index (κ1) is 18.2. The van der Waals surface area contributed by atoms with Crippen LogP contribution in [-0.4, -0.2) is 30.3 Å². The van der Waals surface area contributed by atoms with Crippen LogP contribution in [0.1, 0.15) is 34.5 Å². The zero-order valence-electron chi connectivity index (χ0n) is 14.3. The van der Waals surface area contributed by atoms with Crippen LogP contribution in [0.2, 0.25) is 5.02 Å². The smallest absolute Gasteiger partial charge is 0.283 e. The summed E-state index contributed by atoms with van der Waals surface area (Å²) >= 11 is 7.51. The molecule has 0 N–H and O–H groups in total. The summed E-state index contributed by atoms with van der Waals surface area (Å²) in [4.78, 5) is 18.7. The van der Waals surface area contributed by atoms with Crippen molar-refractivity contribution in [1.82, 2.24) is 4.57 Å². The average Bonchev–Trinajstić information content (AvgIpc) is 2.94. The first-order valence-corrected chi connectivity index (χ1v) is 9.47. The molecule has 134 valence electrons. The molecule has 1 aromatic carbocycles. The van der Waals surface area contributed by atoms with E-state index in [0.29, 0.717) is 27.7 Å². The first-order valence-electron chi connectivity index (χ1n) is 8.28. The van der Waals surface area contributed by atoms with Crippen molar-refractivity contribution >= 4 is 28.8 Å². The molecule has 1 atom stereocenters. The molecule has 25 heavy (non-hydrogen) atoms. The highest BCUT2D eigenvalue weighted by atomic mass is 35.5. The Morgan fingerprint density at radius 3 is 3.04 bits per heavy atom. The number of aryl methyl sites for hydroxylation is 1. The summed E-state index contributed by atoms with van der Waals surface area (Å²) in [5.41, 5.74) is 0.363. The minimum Gasteiger partial charge on any atom is -0.496 e. The predicted molar refractivity (Wildman–Crippen MR) is 98.5 cm³/mol. The lowest BCUT2D eigenvalue weighted by Gasteiger charge is -2.22. The lowest BCUT2D eigenvalue weighted by Crippen LogP contribution is -2.28. The molecule has 2 aromatic rings.